The highest BCUT2D eigenvalue weighted by Gasteiger charge is 2.29. The predicted octanol–water partition coefficient (Wildman–Crippen LogP) is 3.36. The summed E-state index contributed by atoms with van der Waals surface area (Å²) in [6.45, 7) is 2.09. The summed E-state index contributed by atoms with van der Waals surface area (Å²) >= 11 is 0. The van der Waals surface area contributed by atoms with Crippen LogP contribution in [-0.4, -0.2) is 11.9 Å². The van der Waals surface area contributed by atoms with Crippen LogP contribution < -0.4 is 10.6 Å². The van der Waals surface area contributed by atoms with Gasteiger partial charge in [-0.3, -0.25) is 10.1 Å². The summed E-state index contributed by atoms with van der Waals surface area (Å²) in [6.07, 6.45) is 2.20. The fourth-order valence-corrected chi connectivity index (χ4v) is 2.57. The maximum absolute atomic E-state index is 12.6. The number of amides is 1. The number of benzene rings is 2. The van der Waals surface area contributed by atoms with Crippen molar-refractivity contribution in [2.45, 2.75) is 37.9 Å². The van der Waals surface area contributed by atoms with E-state index < -0.39 is 0 Å². The van der Waals surface area contributed by atoms with Crippen LogP contribution in [0.15, 0.2) is 60.7 Å². The molecule has 2 aromatic rings. The van der Waals surface area contributed by atoms with Gasteiger partial charge in [0.1, 0.15) is 6.04 Å². The Balaban J connectivity index is 1.77. The lowest BCUT2D eigenvalue weighted by Gasteiger charge is -2.23. The smallest absolute Gasteiger partial charge is 0.241 e. The zero-order valence-electron chi connectivity index (χ0n) is 12.8. The molecule has 1 saturated carbocycles. The molecule has 1 amide bonds. The summed E-state index contributed by atoms with van der Waals surface area (Å²) in [7, 11) is 0. The maximum Gasteiger partial charge on any atom is 0.241 e. The third-order valence-corrected chi connectivity index (χ3v) is 4.04. The first-order valence-electron chi connectivity index (χ1n) is 7.90. The van der Waals surface area contributed by atoms with Gasteiger partial charge in [-0.2, -0.15) is 0 Å². The Morgan fingerprint density at radius 2 is 1.50 bits per heavy atom. The van der Waals surface area contributed by atoms with E-state index in [1.807, 2.05) is 48.5 Å². The SMILES string of the molecule is C[C@H](N[C@H](C(=O)NC1CC1)c1ccccc1)c1ccccc1. The predicted molar refractivity (Wildman–Crippen MR) is 88.3 cm³/mol. The van der Waals surface area contributed by atoms with E-state index in [2.05, 4.69) is 29.7 Å². The van der Waals surface area contributed by atoms with Gasteiger partial charge in [0.15, 0.2) is 0 Å². The molecule has 0 bridgehead atoms. The van der Waals surface area contributed by atoms with Crippen molar-refractivity contribution in [3.05, 3.63) is 71.8 Å². The molecular weight excluding hydrogens is 272 g/mol. The Kier molecular flexibility index (Phi) is 4.54. The minimum absolute atomic E-state index is 0.0662. The van der Waals surface area contributed by atoms with Crippen LogP contribution in [0.4, 0.5) is 0 Å². The van der Waals surface area contributed by atoms with Gasteiger partial charge in [-0.15, -0.1) is 0 Å². The standard InChI is InChI=1S/C19H22N2O/c1-14(15-8-4-2-5-9-15)20-18(16-10-6-3-7-11-16)19(22)21-17-12-13-17/h2-11,14,17-18,20H,12-13H2,1H3,(H,21,22)/t14-,18-/m0/s1. The fourth-order valence-electron chi connectivity index (χ4n) is 2.57. The largest absolute Gasteiger partial charge is 0.352 e. The highest BCUT2D eigenvalue weighted by atomic mass is 16.2. The lowest BCUT2D eigenvalue weighted by atomic mass is 10.0. The van der Waals surface area contributed by atoms with Gasteiger partial charge in [-0.05, 0) is 30.9 Å². The number of nitrogens with one attached hydrogen (secondary N) is 2. The summed E-state index contributed by atoms with van der Waals surface area (Å²) in [4.78, 5) is 12.6. The molecule has 0 aromatic heterocycles. The second-order valence-corrected chi connectivity index (χ2v) is 5.93. The Labute approximate surface area is 131 Å². The van der Waals surface area contributed by atoms with Crippen molar-refractivity contribution < 1.29 is 4.79 Å². The van der Waals surface area contributed by atoms with Gasteiger partial charge in [-0.1, -0.05) is 60.7 Å². The molecule has 1 aliphatic rings. The van der Waals surface area contributed by atoms with E-state index in [-0.39, 0.29) is 18.0 Å². The van der Waals surface area contributed by atoms with E-state index >= 15 is 0 Å². The summed E-state index contributed by atoms with van der Waals surface area (Å²) in [6, 6.07) is 20.3. The summed E-state index contributed by atoms with van der Waals surface area (Å²) in [5.41, 5.74) is 2.19. The van der Waals surface area contributed by atoms with E-state index in [1.54, 1.807) is 0 Å². The molecule has 114 valence electrons. The fraction of sp³-hybridized carbons (Fsp3) is 0.316. The number of carbonyl (C=O) groups excluding carboxylic acids is 1. The molecule has 3 nitrogen and oxygen atoms in total. The number of carbonyl (C=O) groups is 1. The van der Waals surface area contributed by atoms with E-state index in [1.165, 1.54) is 5.56 Å². The number of hydrogen-bond donors (Lipinski definition) is 2. The first kappa shape index (κ1) is 14.8. The van der Waals surface area contributed by atoms with Gasteiger partial charge in [0.05, 0.1) is 0 Å². The zero-order chi connectivity index (χ0) is 15.4. The molecule has 1 aliphatic carbocycles. The summed E-state index contributed by atoms with van der Waals surface area (Å²) < 4.78 is 0. The van der Waals surface area contributed by atoms with Gasteiger partial charge < -0.3 is 5.32 Å². The molecular formula is C19H22N2O. The van der Waals surface area contributed by atoms with Crippen molar-refractivity contribution in [1.82, 2.24) is 10.6 Å². The van der Waals surface area contributed by atoms with Crippen molar-refractivity contribution in [1.29, 1.82) is 0 Å². The number of hydrogen-bond acceptors (Lipinski definition) is 2. The Bertz CT molecular complexity index is 608. The van der Waals surface area contributed by atoms with Crippen molar-refractivity contribution in [3.63, 3.8) is 0 Å². The molecule has 1 fully saturated rings. The molecule has 2 atom stereocenters. The third-order valence-electron chi connectivity index (χ3n) is 4.04. The number of rotatable bonds is 6. The van der Waals surface area contributed by atoms with Crippen LogP contribution in [0, 0.1) is 0 Å². The monoisotopic (exact) mass is 294 g/mol. The maximum atomic E-state index is 12.6. The van der Waals surface area contributed by atoms with Gasteiger partial charge in [-0.25, -0.2) is 0 Å². The zero-order valence-corrected chi connectivity index (χ0v) is 12.8. The third kappa shape index (κ3) is 3.74. The Hall–Kier alpha value is -2.13. The quantitative estimate of drug-likeness (QED) is 0.858. The van der Waals surface area contributed by atoms with Gasteiger partial charge in [0.25, 0.3) is 0 Å². The average Bonchev–Trinajstić information content (AvgIpc) is 3.38. The highest BCUT2D eigenvalue weighted by molar-refractivity contribution is 5.83. The minimum atomic E-state index is -0.322. The lowest BCUT2D eigenvalue weighted by Crippen LogP contribution is -2.39. The van der Waals surface area contributed by atoms with E-state index in [0.717, 1.165) is 18.4 Å². The van der Waals surface area contributed by atoms with E-state index in [0.29, 0.717) is 6.04 Å². The molecule has 22 heavy (non-hydrogen) atoms. The van der Waals surface area contributed by atoms with Crippen LogP contribution in [0.25, 0.3) is 0 Å². The van der Waals surface area contributed by atoms with Crippen LogP contribution in [-0.2, 0) is 4.79 Å². The Morgan fingerprint density at radius 1 is 0.955 bits per heavy atom. The van der Waals surface area contributed by atoms with Crippen LogP contribution >= 0.6 is 0 Å². The summed E-state index contributed by atoms with van der Waals surface area (Å²) in [5.74, 6) is 0.0662. The molecule has 0 aliphatic heterocycles. The highest BCUT2D eigenvalue weighted by Crippen LogP contribution is 2.23. The molecule has 0 spiro atoms. The van der Waals surface area contributed by atoms with Gasteiger partial charge in [0, 0.05) is 12.1 Å². The normalized spacial score (nSPS) is 16.8. The van der Waals surface area contributed by atoms with Crippen LogP contribution in [0.3, 0.4) is 0 Å². The molecule has 2 aromatic carbocycles. The first-order valence-corrected chi connectivity index (χ1v) is 7.90. The average molecular weight is 294 g/mol. The molecule has 3 rings (SSSR count). The van der Waals surface area contributed by atoms with Gasteiger partial charge in [0.2, 0.25) is 5.91 Å². The summed E-state index contributed by atoms with van der Waals surface area (Å²) in [5, 5.41) is 6.58. The molecule has 0 saturated heterocycles. The second-order valence-electron chi connectivity index (χ2n) is 5.93. The molecule has 0 unspecified atom stereocenters. The molecule has 0 heterocycles. The minimum Gasteiger partial charge on any atom is -0.352 e. The van der Waals surface area contributed by atoms with Crippen LogP contribution in [0.1, 0.15) is 43.0 Å². The first-order chi connectivity index (χ1) is 10.7. The van der Waals surface area contributed by atoms with E-state index in [9.17, 15) is 4.79 Å². The van der Waals surface area contributed by atoms with Crippen molar-refractivity contribution in [2.75, 3.05) is 0 Å². The van der Waals surface area contributed by atoms with Crippen molar-refractivity contribution in [3.8, 4) is 0 Å². The van der Waals surface area contributed by atoms with Crippen LogP contribution in [0.2, 0.25) is 0 Å². The Morgan fingerprint density at radius 3 is 2.05 bits per heavy atom. The van der Waals surface area contributed by atoms with Crippen molar-refractivity contribution >= 4 is 5.91 Å². The lowest BCUT2D eigenvalue weighted by molar-refractivity contribution is -0.123. The van der Waals surface area contributed by atoms with Crippen LogP contribution in [0.5, 0.6) is 0 Å². The molecule has 3 heteroatoms. The topological polar surface area (TPSA) is 41.1 Å². The molecule has 2 N–H and O–H groups in total. The molecule has 0 radical (unpaired) electrons. The van der Waals surface area contributed by atoms with E-state index in [4.69, 9.17) is 0 Å². The van der Waals surface area contributed by atoms with Crippen molar-refractivity contribution in [2.24, 2.45) is 0 Å². The van der Waals surface area contributed by atoms with Gasteiger partial charge >= 0.3 is 0 Å². The second kappa shape index (κ2) is 6.75.